The van der Waals surface area contributed by atoms with E-state index in [0.29, 0.717) is 0 Å². The van der Waals surface area contributed by atoms with Crippen LogP contribution in [0.4, 0.5) is 0 Å². The fourth-order valence-electron chi connectivity index (χ4n) is 0.911. The minimum absolute atomic E-state index is 0.180. The molecule has 1 aliphatic rings. The molecule has 0 aromatic heterocycles. The van der Waals surface area contributed by atoms with Crippen molar-refractivity contribution in [2.45, 2.75) is 6.42 Å². The molecule has 1 fully saturated rings. The lowest BCUT2D eigenvalue weighted by atomic mass is 10.3. The number of aliphatic hydroxyl groups excluding tert-OH is 1. The van der Waals surface area contributed by atoms with Crippen molar-refractivity contribution in [2.75, 3.05) is 19.8 Å². The second-order valence-corrected chi connectivity index (χ2v) is 2.19. The van der Waals surface area contributed by atoms with E-state index >= 15 is 0 Å². The Labute approximate surface area is 49.4 Å². The maximum atomic E-state index is 8.57. The minimum Gasteiger partial charge on any atom is -0.381 e. The van der Waals surface area contributed by atoms with Crippen molar-refractivity contribution in [3.8, 4) is 0 Å². The third kappa shape index (κ3) is 1.08. The Morgan fingerprint density at radius 2 is 2.50 bits per heavy atom. The summed E-state index contributed by atoms with van der Waals surface area (Å²) in [4.78, 5) is 1.96. The Bertz CT molecular complexity index is 101. The first-order chi connectivity index (χ1) is 3.83. The second kappa shape index (κ2) is 2.29. The van der Waals surface area contributed by atoms with E-state index in [4.69, 9.17) is 5.11 Å². The molecule has 0 bridgehead atoms. The molecule has 1 N–H and O–H groups in total. The summed E-state index contributed by atoms with van der Waals surface area (Å²) >= 11 is 0. The van der Waals surface area contributed by atoms with Gasteiger partial charge in [0.15, 0.2) is 0 Å². The van der Waals surface area contributed by atoms with Crippen LogP contribution in [0.3, 0.4) is 0 Å². The van der Waals surface area contributed by atoms with Crippen LogP contribution in [-0.4, -0.2) is 29.8 Å². The standard InChI is InChI=1S/C6H11NO/c1-6-2-3-7(4-6)5-8/h8H,1-5H2. The SMILES string of the molecule is C=C1CCN(CO)C1. The first-order valence-electron chi connectivity index (χ1n) is 2.83. The molecular formula is C6H11NO. The van der Waals surface area contributed by atoms with E-state index in [-0.39, 0.29) is 6.73 Å². The normalized spacial score (nSPS) is 22.4. The molecule has 0 aromatic carbocycles. The van der Waals surface area contributed by atoms with Crippen LogP contribution in [0.25, 0.3) is 0 Å². The van der Waals surface area contributed by atoms with Crippen molar-refractivity contribution in [3.05, 3.63) is 12.2 Å². The molecule has 2 nitrogen and oxygen atoms in total. The Morgan fingerprint density at radius 3 is 2.75 bits per heavy atom. The average Bonchev–Trinajstić information content (AvgIpc) is 2.14. The zero-order valence-electron chi connectivity index (χ0n) is 4.93. The molecule has 0 unspecified atom stereocenters. The van der Waals surface area contributed by atoms with E-state index in [0.717, 1.165) is 19.5 Å². The first-order valence-corrected chi connectivity index (χ1v) is 2.83. The molecule has 0 aromatic rings. The van der Waals surface area contributed by atoms with Gasteiger partial charge in [-0.3, -0.25) is 4.90 Å². The molecule has 2 heteroatoms. The smallest absolute Gasteiger partial charge is 0.0959 e. The van der Waals surface area contributed by atoms with Gasteiger partial charge in [0.1, 0.15) is 0 Å². The molecule has 0 saturated carbocycles. The van der Waals surface area contributed by atoms with Gasteiger partial charge in [0.2, 0.25) is 0 Å². The predicted molar refractivity (Wildman–Crippen MR) is 32.4 cm³/mol. The van der Waals surface area contributed by atoms with E-state index < -0.39 is 0 Å². The van der Waals surface area contributed by atoms with Gasteiger partial charge in [-0.15, -0.1) is 0 Å². The molecule has 1 aliphatic heterocycles. The number of aliphatic hydroxyl groups is 1. The maximum Gasteiger partial charge on any atom is 0.0959 e. The Morgan fingerprint density at radius 1 is 1.75 bits per heavy atom. The highest BCUT2D eigenvalue weighted by Gasteiger charge is 2.11. The van der Waals surface area contributed by atoms with Crippen molar-refractivity contribution < 1.29 is 5.11 Å². The molecule has 1 heterocycles. The highest BCUT2D eigenvalue weighted by molar-refractivity contribution is 5.02. The largest absolute Gasteiger partial charge is 0.381 e. The van der Waals surface area contributed by atoms with Gasteiger partial charge < -0.3 is 5.11 Å². The van der Waals surface area contributed by atoms with E-state index in [1.807, 2.05) is 4.90 Å². The van der Waals surface area contributed by atoms with E-state index in [2.05, 4.69) is 6.58 Å². The number of nitrogens with zero attached hydrogens (tertiary/aromatic N) is 1. The van der Waals surface area contributed by atoms with Gasteiger partial charge in [-0.2, -0.15) is 0 Å². The summed E-state index contributed by atoms with van der Waals surface area (Å²) in [6.45, 7) is 5.85. The maximum absolute atomic E-state index is 8.57. The van der Waals surface area contributed by atoms with Gasteiger partial charge >= 0.3 is 0 Å². The van der Waals surface area contributed by atoms with Crippen LogP contribution in [0.2, 0.25) is 0 Å². The van der Waals surface area contributed by atoms with Crippen LogP contribution in [0.1, 0.15) is 6.42 Å². The molecular weight excluding hydrogens is 102 g/mol. The van der Waals surface area contributed by atoms with Crippen LogP contribution in [0.5, 0.6) is 0 Å². The molecule has 0 amide bonds. The third-order valence-electron chi connectivity index (χ3n) is 1.43. The molecule has 46 valence electrons. The zero-order chi connectivity index (χ0) is 5.98. The quantitative estimate of drug-likeness (QED) is 0.491. The fourth-order valence-corrected chi connectivity index (χ4v) is 0.911. The van der Waals surface area contributed by atoms with Crippen molar-refractivity contribution in [3.63, 3.8) is 0 Å². The average molecular weight is 113 g/mol. The van der Waals surface area contributed by atoms with Crippen LogP contribution in [0.15, 0.2) is 12.2 Å². The molecule has 8 heavy (non-hydrogen) atoms. The lowest BCUT2D eigenvalue weighted by molar-refractivity contribution is 0.134. The predicted octanol–water partition coefficient (Wildman–Crippen LogP) is 0.198. The fraction of sp³-hybridized carbons (Fsp3) is 0.667. The Hall–Kier alpha value is -0.340. The molecule has 0 atom stereocenters. The Kier molecular flexibility index (Phi) is 1.65. The highest BCUT2D eigenvalue weighted by Crippen LogP contribution is 2.10. The highest BCUT2D eigenvalue weighted by atomic mass is 16.3. The van der Waals surface area contributed by atoms with Crippen LogP contribution in [0, 0.1) is 0 Å². The summed E-state index contributed by atoms with van der Waals surface area (Å²) in [5.41, 5.74) is 1.24. The van der Waals surface area contributed by atoms with Crippen LogP contribution >= 0.6 is 0 Å². The summed E-state index contributed by atoms with van der Waals surface area (Å²) in [5, 5.41) is 8.57. The molecule has 0 radical (unpaired) electrons. The molecule has 0 spiro atoms. The van der Waals surface area contributed by atoms with E-state index in [1.165, 1.54) is 5.57 Å². The summed E-state index contributed by atoms with van der Waals surface area (Å²) in [5.74, 6) is 0. The van der Waals surface area contributed by atoms with Crippen LogP contribution < -0.4 is 0 Å². The van der Waals surface area contributed by atoms with Gasteiger partial charge in [-0.05, 0) is 6.42 Å². The van der Waals surface area contributed by atoms with Crippen molar-refractivity contribution in [1.29, 1.82) is 0 Å². The first kappa shape index (κ1) is 5.79. The number of hydrogen-bond donors (Lipinski definition) is 1. The zero-order valence-corrected chi connectivity index (χ0v) is 4.93. The summed E-state index contributed by atoms with van der Waals surface area (Å²) in [6, 6.07) is 0. The third-order valence-corrected chi connectivity index (χ3v) is 1.43. The molecule has 1 saturated heterocycles. The number of rotatable bonds is 1. The van der Waals surface area contributed by atoms with Gasteiger partial charge in [0, 0.05) is 13.1 Å². The van der Waals surface area contributed by atoms with Gasteiger partial charge in [-0.25, -0.2) is 0 Å². The second-order valence-electron chi connectivity index (χ2n) is 2.19. The molecule has 0 aliphatic carbocycles. The lowest BCUT2D eigenvalue weighted by Gasteiger charge is -2.07. The van der Waals surface area contributed by atoms with Crippen molar-refractivity contribution in [1.82, 2.24) is 4.90 Å². The summed E-state index contributed by atoms with van der Waals surface area (Å²) in [7, 11) is 0. The summed E-state index contributed by atoms with van der Waals surface area (Å²) in [6.07, 6.45) is 1.06. The summed E-state index contributed by atoms with van der Waals surface area (Å²) < 4.78 is 0. The molecule has 1 rings (SSSR count). The number of hydrogen-bond acceptors (Lipinski definition) is 2. The van der Waals surface area contributed by atoms with Crippen molar-refractivity contribution in [2.24, 2.45) is 0 Å². The minimum atomic E-state index is 0.180. The van der Waals surface area contributed by atoms with Gasteiger partial charge in [0.05, 0.1) is 6.73 Å². The lowest BCUT2D eigenvalue weighted by Crippen LogP contribution is -2.19. The topological polar surface area (TPSA) is 23.5 Å². The van der Waals surface area contributed by atoms with E-state index in [1.54, 1.807) is 0 Å². The van der Waals surface area contributed by atoms with Crippen LogP contribution in [-0.2, 0) is 0 Å². The van der Waals surface area contributed by atoms with E-state index in [9.17, 15) is 0 Å². The monoisotopic (exact) mass is 113 g/mol. The Balaban J connectivity index is 2.32. The van der Waals surface area contributed by atoms with Gasteiger partial charge in [0.25, 0.3) is 0 Å². The van der Waals surface area contributed by atoms with Gasteiger partial charge in [-0.1, -0.05) is 12.2 Å². The van der Waals surface area contributed by atoms with Crippen molar-refractivity contribution >= 4 is 0 Å². The number of likely N-dealkylation sites (tertiary alicyclic amines) is 1.